The molecule has 0 fully saturated rings. The van der Waals surface area contributed by atoms with Gasteiger partial charge in [0.1, 0.15) is 0 Å². The fourth-order valence-electron chi connectivity index (χ4n) is 2.49. The second-order valence-electron chi connectivity index (χ2n) is 5.22. The highest BCUT2D eigenvalue weighted by Crippen LogP contribution is 2.26. The van der Waals surface area contributed by atoms with Gasteiger partial charge in [0.05, 0.1) is 13.2 Å². The lowest BCUT2D eigenvalue weighted by atomic mass is 9.94. The van der Waals surface area contributed by atoms with Crippen molar-refractivity contribution in [3.63, 3.8) is 0 Å². The second-order valence-corrected chi connectivity index (χ2v) is 5.22. The number of rotatable bonds is 5. The zero-order valence-corrected chi connectivity index (χ0v) is 12.6. The maximum atomic E-state index is 14.3. The molecule has 0 heterocycles. The number of hydrogen-bond donors (Lipinski definition) is 2. The smallest absolute Gasteiger partial charge is 0.168 e. The summed E-state index contributed by atoms with van der Waals surface area (Å²) in [6.07, 6.45) is 0.462. The molecule has 1 atom stereocenters. The van der Waals surface area contributed by atoms with Gasteiger partial charge in [-0.15, -0.1) is 0 Å². The summed E-state index contributed by atoms with van der Waals surface area (Å²) in [5, 5.41) is 0. The maximum Gasteiger partial charge on any atom is 0.168 e. The van der Waals surface area contributed by atoms with Gasteiger partial charge >= 0.3 is 0 Å². The number of aryl methyl sites for hydroxylation is 2. The minimum Gasteiger partial charge on any atom is -0.494 e. The van der Waals surface area contributed by atoms with Crippen molar-refractivity contribution in [3.8, 4) is 5.75 Å². The van der Waals surface area contributed by atoms with Gasteiger partial charge in [-0.2, -0.15) is 0 Å². The first kappa shape index (κ1) is 15.5. The van der Waals surface area contributed by atoms with Crippen LogP contribution < -0.4 is 16.0 Å². The van der Waals surface area contributed by atoms with E-state index in [9.17, 15) is 4.39 Å². The van der Waals surface area contributed by atoms with E-state index in [0.29, 0.717) is 12.0 Å². The Morgan fingerprint density at radius 1 is 1.24 bits per heavy atom. The van der Waals surface area contributed by atoms with E-state index in [1.807, 2.05) is 13.8 Å². The van der Waals surface area contributed by atoms with E-state index >= 15 is 0 Å². The van der Waals surface area contributed by atoms with Crippen molar-refractivity contribution in [2.75, 3.05) is 7.11 Å². The molecule has 0 saturated heterocycles. The Hall–Kier alpha value is -1.91. The standard InChI is InChI=1S/C17H21FN2O/c1-11-7-8-12(2)14(9-11)15(20-19)10-13-5-4-6-16(21-3)17(13)18/h4-9,15,20H,10,19H2,1-3H3. The van der Waals surface area contributed by atoms with Gasteiger partial charge in [-0.05, 0) is 43.0 Å². The second kappa shape index (κ2) is 6.70. The van der Waals surface area contributed by atoms with Crippen LogP contribution in [-0.4, -0.2) is 7.11 Å². The molecular formula is C17H21FN2O. The topological polar surface area (TPSA) is 47.3 Å². The first-order valence-electron chi connectivity index (χ1n) is 6.91. The summed E-state index contributed by atoms with van der Waals surface area (Å²) >= 11 is 0. The predicted molar refractivity (Wildman–Crippen MR) is 82.6 cm³/mol. The lowest BCUT2D eigenvalue weighted by Crippen LogP contribution is -2.30. The first-order chi connectivity index (χ1) is 10.1. The quantitative estimate of drug-likeness (QED) is 0.656. The fourth-order valence-corrected chi connectivity index (χ4v) is 2.49. The molecule has 0 radical (unpaired) electrons. The number of halogens is 1. The van der Waals surface area contributed by atoms with Crippen molar-refractivity contribution in [3.05, 3.63) is 64.5 Å². The van der Waals surface area contributed by atoms with Gasteiger partial charge < -0.3 is 4.74 Å². The molecule has 0 aliphatic rings. The van der Waals surface area contributed by atoms with E-state index in [1.54, 1.807) is 18.2 Å². The van der Waals surface area contributed by atoms with Crippen LogP contribution in [0.4, 0.5) is 4.39 Å². The molecule has 2 aromatic rings. The van der Waals surface area contributed by atoms with Gasteiger partial charge in [0.25, 0.3) is 0 Å². The van der Waals surface area contributed by atoms with Crippen molar-refractivity contribution < 1.29 is 9.13 Å². The van der Waals surface area contributed by atoms with Crippen molar-refractivity contribution in [2.45, 2.75) is 26.3 Å². The molecule has 0 spiro atoms. The van der Waals surface area contributed by atoms with Crippen LogP contribution in [-0.2, 0) is 6.42 Å². The van der Waals surface area contributed by atoms with Gasteiger partial charge in [-0.3, -0.25) is 11.3 Å². The highest BCUT2D eigenvalue weighted by Gasteiger charge is 2.17. The molecule has 21 heavy (non-hydrogen) atoms. The average molecular weight is 288 g/mol. The molecule has 3 N–H and O–H groups in total. The number of hydrazine groups is 1. The number of benzene rings is 2. The number of nitrogens with two attached hydrogens (primary N) is 1. The van der Waals surface area contributed by atoms with Crippen LogP contribution in [0.15, 0.2) is 36.4 Å². The van der Waals surface area contributed by atoms with Crippen LogP contribution >= 0.6 is 0 Å². The van der Waals surface area contributed by atoms with E-state index in [-0.39, 0.29) is 17.6 Å². The van der Waals surface area contributed by atoms with Crippen molar-refractivity contribution in [2.24, 2.45) is 5.84 Å². The third kappa shape index (κ3) is 3.40. The number of ether oxygens (including phenoxy) is 1. The molecule has 0 bridgehead atoms. The van der Waals surface area contributed by atoms with Gasteiger partial charge in [0.2, 0.25) is 0 Å². The minimum absolute atomic E-state index is 0.147. The Labute approximate surface area is 124 Å². The molecule has 0 aromatic heterocycles. The van der Waals surface area contributed by atoms with Gasteiger partial charge in [-0.1, -0.05) is 35.9 Å². The van der Waals surface area contributed by atoms with Crippen LogP contribution in [0.5, 0.6) is 5.75 Å². The summed E-state index contributed by atoms with van der Waals surface area (Å²) in [5.41, 5.74) is 6.74. The van der Waals surface area contributed by atoms with Crippen molar-refractivity contribution >= 4 is 0 Å². The zero-order chi connectivity index (χ0) is 15.4. The third-order valence-electron chi connectivity index (χ3n) is 3.70. The maximum absolute atomic E-state index is 14.3. The average Bonchev–Trinajstić information content (AvgIpc) is 2.49. The van der Waals surface area contributed by atoms with Crippen LogP contribution in [0.1, 0.15) is 28.3 Å². The normalized spacial score (nSPS) is 12.2. The molecule has 3 nitrogen and oxygen atoms in total. The molecule has 0 aliphatic heterocycles. The number of hydrogen-bond acceptors (Lipinski definition) is 3. The van der Waals surface area contributed by atoms with Crippen molar-refractivity contribution in [1.82, 2.24) is 5.43 Å². The van der Waals surface area contributed by atoms with Gasteiger partial charge in [0, 0.05) is 0 Å². The lowest BCUT2D eigenvalue weighted by Gasteiger charge is -2.20. The summed E-state index contributed by atoms with van der Waals surface area (Å²) in [6, 6.07) is 11.2. The van der Waals surface area contributed by atoms with Crippen LogP contribution in [0.2, 0.25) is 0 Å². The highest BCUT2D eigenvalue weighted by atomic mass is 19.1. The van der Waals surface area contributed by atoms with Crippen molar-refractivity contribution in [1.29, 1.82) is 0 Å². The van der Waals surface area contributed by atoms with Gasteiger partial charge in [0.15, 0.2) is 11.6 Å². The summed E-state index contributed by atoms with van der Waals surface area (Å²) in [6.45, 7) is 4.06. The lowest BCUT2D eigenvalue weighted by molar-refractivity contribution is 0.382. The Morgan fingerprint density at radius 3 is 2.67 bits per heavy atom. The van der Waals surface area contributed by atoms with E-state index < -0.39 is 0 Å². The van der Waals surface area contributed by atoms with Gasteiger partial charge in [-0.25, -0.2) is 4.39 Å². The SMILES string of the molecule is COc1cccc(CC(NN)c2cc(C)ccc2C)c1F. The summed E-state index contributed by atoms with van der Waals surface area (Å²) in [5.74, 6) is 5.61. The molecule has 0 aliphatic carbocycles. The largest absolute Gasteiger partial charge is 0.494 e. The predicted octanol–water partition coefficient (Wildman–Crippen LogP) is 3.20. The molecule has 2 rings (SSSR count). The minimum atomic E-state index is -0.328. The molecule has 0 amide bonds. The number of methoxy groups -OCH3 is 1. The molecule has 2 aromatic carbocycles. The van der Waals surface area contributed by atoms with E-state index in [0.717, 1.165) is 16.7 Å². The Bertz CT molecular complexity index is 628. The van der Waals surface area contributed by atoms with E-state index in [4.69, 9.17) is 10.6 Å². The molecule has 1 unspecified atom stereocenters. The monoisotopic (exact) mass is 288 g/mol. The number of nitrogens with one attached hydrogen (secondary N) is 1. The highest BCUT2D eigenvalue weighted by molar-refractivity contribution is 5.36. The Morgan fingerprint density at radius 2 is 2.00 bits per heavy atom. The summed E-state index contributed by atoms with van der Waals surface area (Å²) in [4.78, 5) is 0. The third-order valence-corrected chi connectivity index (χ3v) is 3.70. The van der Waals surface area contributed by atoms with Crippen LogP contribution in [0, 0.1) is 19.7 Å². The first-order valence-corrected chi connectivity index (χ1v) is 6.91. The van der Waals surface area contributed by atoms with Crippen LogP contribution in [0.3, 0.4) is 0 Å². The summed E-state index contributed by atoms with van der Waals surface area (Å²) < 4.78 is 19.3. The Balaban J connectivity index is 2.33. The molecule has 0 saturated carbocycles. The Kier molecular flexibility index (Phi) is 4.94. The van der Waals surface area contributed by atoms with E-state index in [2.05, 4.69) is 23.6 Å². The molecule has 112 valence electrons. The van der Waals surface area contributed by atoms with Crippen LogP contribution in [0.25, 0.3) is 0 Å². The molecular weight excluding hydrogens is 267 g/mol. The van der Waals surface area contributed by atoms with E-state index in [1.165, 1.54) is 7.11 Å². The fraction of sp³-hybridized carbons (Fsp3) is 0.294. The zero-order valence-electron chi connectivity index (χ0n) is 12.6. The molecule has 4 heteroatoms. The summed E-state index contributed by atoms with van der Waals surface area (Å²) in [7, 11) is 1.46.